The number of hydrogen-bond acceptors (Lipinski definition) is 6. The standard InChI is InChI=1S/C20H22N2O4S2/c23-18(21-9-12-27-14-15-5-4-11-28-15)13-26-20(25)16-6-1-2-7-17(16)22-10-3-8-19(22)24/h1-2,4-7,11H,3,8-10,12-14H2,(H,21,23). The lowest BCUT2D eigenvalue weighted by atomic mass is 10.1. The molecule has 0 radical (unpaired) electrons. The lowest BCUT2D eigenvalue weighted by molar-refractivity contribution is -0.124. The molecule has 3 rings (SSSR count). The number of nitrogens with zero attached hydrogens (tertiary/aromatic N) is 1. The minimum atomic E-state index is -0.600. The summed E-state index contributed by atoms with van der Waals surface area (Å²) in [7, 11) is 0. The zero-order chi connectivity index (χ0) is 19.8. The maximum atomic E-state index is 12.4. The lowest BCUT2D eigenvalue weighted by Gasteiger charge is -2.18. The van der Waals surface area contributed by atoms with Crippen molar-refractivity contribution in [2.45, 2.75) is 18.6 Å². The van der Waals surface area contributed by atoms with Crippen LogP contribution in [0, 0.1) is 0 Å². The van der Waals surface area contributed by atoms with Crippen LogP contribution in [0.25, 0.3) is 0 Å². The summed E-state index contributed by atoms with van der Waals surface area (Å²) >= 11 is 3.46. The molecule has 8 heteroatoms. The predicted octanol–water partition coefficient (Wildman–Crippen LogP) is 3.08. The van der Waals surface area contributed by atoms with E-state index in [0.29, 0.717) is 30.8 Å². The number of thiophene rings is 1. The van der Waals surface area contributed by atoms with Crippen molar-refractivity contribution in [2.24, 2.45) is 0 Å². The van der Waals surface area contributed by atoms with Crippen molar-refractivity contribution in [3.05, 3.63) is 52.2 Å². The Morgan fingerprint density at radius 3 is 2.82 bits per heavy atom. The van der Waals surface area contributed by atoms with E-state index in [-0.39, 0.29) is 18.4 Å². The summed E-state index contributed by atoms with van der Waals surface area (Å²) < 4.78 is 5.15. The van der Waals surface area contributed by atoms with E-state index in [4.69, 9.17) is 4.74 Å². The van der Waals surface area contributed by atoms with Crippen molar-refractivity contribution < 1.29 is 19.1 Å². The third-order valence-electron chi connectivity index (χ3n) is 4.22. The van der Waals surface area contributed by atoms with E-state index in [1.165, 1.54) is 4.88 Å². The highest BCUT2D eigenvalue weighted by Gasteiger charge is 2.26. The number of carbonyl (C=O) groups excluding carboxylic acids is 3. The van der Waals surface area contributed by atoms with Gasteiger partial charge in [0.25, 0.3) is 5.91 Å². The molecule has 1 aromatic carbocycles. The summed E-state index contributed by atoms with van der Waals surface area (Å²) in [4.78, 5) is 39.2. The normalized spacial score (nSPS) is 13.6. The van der Waals surface area contributed by atoms with Crippen LogP contribution in [0.5, 0.6) is 0 Å². The van der Waals surface area contributed by atoms with E-state index < -0.39 is 5.97 Å². The van der Waals surface area contributed by atoms with E-state index >= 15 is 0 Å². The summed E-state index contributed by atoms with van der Waals surface area (Å²) in [5.74, 6) is 0.779. The van der Waals surface area contributed by atoms with E-state index in [0.717, 1.165) is 17.9 Å². The number of rotatable bonds is 9. The number of benzene rings is 1. The van der Waals surface area contributed by atoms with Gasteiger partial charge in [-0.05, 0) is 30.0 Å². The Balaban J connectivity index is 1.41. The van der Waals surface area contributed by atoms with Gasteiger partial charge < -0.3 is 15.0 Å². The third kappa shape index (κ3) is 5.59. The Hall–Kier alpha value is -2.32. The monoisotopic (exact) mass is 418 g/mol. The second-order valence-electron chi connectivity index (χ2n) is 6.22. The molecule has 0 unspecified atom stereocenters. The Bertz CT molecular complexity index is 823. The molecule has 1 N–H and O–H groups in total. The average molecular weight is 419 g/mol. The first-order valence-corrected chi connectivity index (χ1v) is 11.1. The number of para-hydroxylation sites is 1. The lowest BCUT2D eigenvalue weighted by Crippen LogP contribution is -2.31. The third-order valence-corrected chi connectivity index (χ3v) is 6.28. The molecule has 1 saturated heterocycles. The predicted molar refractivity (Wildman–Crippen MR) is 112 cm³/mol. The number of thioether (sulfide) groups is 1. The fraction of sp³-hybridized carbons (Fsp3) is 0.350. The van der Waals surface area contributed by atoms with Crippen LogP contribution in [0.3, 0.4) is 0 Å². The molecule has 1 aliphatic heterocycles. The summed E-state index contributed by atoms with van der Waals surface area (Å²) in [5.41, 5.74) is 0.845. The molecule has 1 aromatic heterocycles. The fourth-order valence-corrected chi connectivity index (χ4v) is 4.57. The Morgan fingerprint density at radius 1 is 1.21 bits per heavy atom. The molecule has 2 heterocycles. The number of hydrogen-bond donors (Lipinski definition) is 1. The van der Waals surface area contributed by atoms with Crippen LogP contribution in [0.4, 0.5) is 5.69 Å². The van der Waals surface area contributed by atoms with E-state index in [2.05, 4.69) is 11.4 Å². The van der Waals surface area contributed by atoms with Gasteiger partial charge in [0.15, 0.2) is 6.61 Å². The van der Waals surface area contributed by atoms with Crippen molar-refractivity contribution in [3.63, 3.8) is 0 Å². The molecule has 28 heavy (non-hydrogen) atoms. The summed E-state index contributed by atoms with van der Waals surface area (Å²) in [5, 5.41) is 4.79. The molecule has 6 nitrogen and oxygen atoms in total. The molecule has 2 aromatic rings. The van der Waals surface area contributed by atoms with Crippen molar-refractivity contribution >= 4 is 46.6 Å². The van der Waals surface area contributed by atoms with Crippen LogP contribution < -0.4 is 10.2 Å². The van der Waals surface area contributed by atoms with Gasteiger partial charge in [0.2, 0.25) is 5.91 Å². The van der Waals surface area contributed by atoms with E-state index in [1.54, 1.807) is 52.3 Å². The second-order valence-corrected chi connectivity index (χ2v) is 8.36. The van der Waals surface area contributed by atoms with E-state index in [9.17, 15) is 14.4 Å². The number of anilines is 1. The zero-order valence-electron chi connectivity index (χ0n) is 15.4. The minimum Gasteiger partial charge on any atom is -0.452 e. The summed E-state index contributed by atoms with van der Waals surface area (Å²) in [6, 6.07) is 10.9. The van der Waals surface area contributed by atoms with Crippen LogP contribution in [0.1, 0.15) is 28.1 Å². The van der Waals surface area contributed by atoms with Crippen LogP contribution in [-0.2, 0) is 20.1 Å². The topological polar surface area (TPSA) is 75.7 Å². The highest BCUT2D eigenvalue weighted by molar-refractivity contribution is 7.98. The maximum absolute atomic E-state index is 12.4. The fourth-order valence-electron chi connectivity index (χ4n) is 2.87. The van der Waals surface area contributed by atoms with Crippen molar-refractivity contribution in [1.29, 1.82) is 0 Å². The first-order valence-electron chi connectivity index (χ1n) is 9.08. The Labute approximate surface area is 172 Å². The van der Waals surface area contributed by atoms with Crippen LogP contribution >= 0.6 is 23.1 Å². The van der Waals surface area contributed by atoms with Gasteiger partial charge >= 0.3 is 5.97 Å². The van der Waals surface area contributed by atoms with Crippen molar-refractivity contribution in [1.82, 2.24) is 5.32 Å². The second kappa shape index (κ2) is 10.3. The Morgan fingerprint density at radius 2 is 2.07 bits per heavy atom. The van der Waals surface area contributed by atoms with Gasteiger partial charge in [-0.2, -0.15) is 11.8 Å². The molecule has 0 atom stereocenters. The van der Waals surface area contributed by atoms with Crippen LogP contribution in [-0.4, -0.2) is 43.2 Å². The molecule has 148 valence electrons. The quantitative estimate of drug-likeness (QED) is 0.500. The number of ether oxygens (including phenoxy) is 1. The molecule has 0 aliphatic carbocycles. The first kappa shape index (κ1) is 20.4. The van der Waals surface area contributed by atoms with Gasteiger partial charge in [0.05, 0.1) is 11.3 Å². The number of nitrogens with one attached hydrogen (secondary N) is 1. The van der Waals surface area contributed by atoms with Gasteiger partial charge in [0, 0.05) is 35.9 Å². The molecular formula is C20H22N2O4S2. The van der Waals surface area contributed by atoms with Crippen molar-refractivity contribution in [3.8, 4) is 0 Å². The summed E-state index contributed by atoms with van der Waals surface area (Å²) in [6.45, 7) is 0.773. The highest BCUT2D eigenvalue weighted by atomic mass is 32.2. The highest BCUT2D eigenvalue weighted by Crippen LogP contribution is 2.26. The molecule has 0 bridgehead atoms. The maximum Gasteiger partial charge on any atom is 0.340 e. The smallest absolute Gasteiger partial charge is 0.340 e. The zero-order valence-corrected chi connectivity index (χ0v) is 17.0. The van der Waals surface area contributed by atoms with Gasteiger partial charge in [-0.3, -0.25) is 9.59 Å². The first-order chi connectivity index (χ1) is 13.6. The minimum absolute atomic E-state index is 0.00181. The number of amides is 2. The number of esters is 1. The molecule has 2 amide bonds. The van der Waals surface area contributed by atoms with Crippen molar-refractivity contribution in [2.75, 3.05) is 30.3 Å². The SMILES string of the molecule is O=C(COC(=O)c1ccccc1N1CCCC1=O)NCCSCc1cccs1. The van der Waals surface area contributed by atoms with Crippen LogP contribution in [0.15, 0.2) is 41.8 Å². The molecule has 1 aliphatic rings. The molecule has 1 fully saturated rings. The van der Waals surface area contributed by atoms with Gasteiger partial charge in [0.1, 0.15) is 0 Å². The number of carbonyl (C=O) groups is 3. The largest absolute Gasteiger partial charge is 0.452 e. The molecule has 0 saturated carbocycles. The van der Waals surface area contributed by atoms with Crippen LogP contribution in [0.2, 0.25) is 0 Å². The van der Waals surface area contributed by atoms with Gasteiger partial charge in [-0.1, -0.05) is 18.2 Å². The molecule has 0 spiro atoms. The summed E-state index contributed by atoms with van der Waals surface area (Å²) in [6.07, 6.45) is 1.26. The Kier molecular flexibility index (Phi) is 7.50. The van der Waals surface area contributed by atoms with Gasteiger partial charge in [-0.15, -0.1) is 11.3 Å². The molecular weight excluding hydrogens is 396 g/mol. The van der Waals surface area contributed by atoms with Gasteiger partial charge in [-0.25, -0.2) is 4.79 Å². The van der Waals surface area contributed by atoms with E-state index in [1.807, 2.05) is 11.4 Å². The average Bonchev–Trinajstić information content (AvgIpc) is 3.37.